The molecule has 0 saturated heterocycles. The number of aryl methyl sites for hydroxylation is 2. The van der Waals surface area contributed by atoms with Gasteiger partial charge >= 0.3 is 0 Å². The van der Waals surface area contributed by atoms with E-state index < -0.39 is 0 Å². The summed E-state index contributed by atoms with van der Waals surface area (Å²) < 4.78 is 6.83. The number of hydrogen-bond donors (Lipinski definition) is 1. The maximum Gasteiger partial charge on any atom is 0.143 e. The van der Waals surface area contributed by atoms with Gasteiger partial charge in [0.1, 0.15) is 16.9 Å². The maximum atomic E-state index is 11.8. The smallest absolute Gasteiger partial charge is 0.143 e. The predicted octanol–water partition coefficient (Wildman–Crippen LogP) is 17.0. The lowest BCUT2D eigenvalue weighted by molar-refractivity contribution is 0.477. The van der Waals surface area contributed by atoms with Gasteiger partial charge in [-0.15, -0.1) is 0 Å². The van der Waals surface area contributed by atoms with Gasteiger partial charge in [0, 0.05) is 44.3 Å². The molecule has 0 aliphatic rings. The predicted molar refractivity (Wildman–Crippen MR) is 276 cm³/mol. The van der Waals surface area contributed by atoms with Crippen molar-refractivity contribution in [3.05, 3.63) is 198 Å². The average Bonchev–Trinajstić information content (AvgIpc) is 3.70. The number of nitrogens with zero attached hydrogens (tertiary/aromatic N) is 2. The fraction of sp³-hybridized carbons (Fsp3) is 0.161. The Morgan fingerprint density at radius 3 is 1.55 bits per heavy atom. The van der Waals surface area contributed by atoms with Crippen molar-refractivity contribution < 1.29 is 9.52 Å². The normalized spacial score (nSPS) is 12.0. The summed E-state index contributed by atoms with van der Waals surface area (Å²) in [6, 6.07) is 61.6. The van der Waals surface area contributed by atoms with E-state index >= 15 is 0 Å². The van der Waals surface area contributed by atoms with Crippen molar-refractivity contribution >= 4 is 21.9 Å². The quantitative estimate of drug-likeness (QED) is 0.173. The first kappa shape index (κ1) is 42.4. The van der Waals surface area contributed by atoms with E-state index in [4.69, 9.17) is 14.4 Å². The number of furan rings is 1. The molecule has 0 spiro atoms. The Morgan fingerprint density at radius 2 is 0.909 bits per heavy atom. The highest BCUT2D eigenvalue weighted by Gasteiger charge is 2.23. The number of phenolic OH excluding ortho intramolecular Hbond substituents is 1. The summed E-state index contributed by atoms with van der Waals surface area (Å²) in [6.07, 6.45) is 0. The molecule has 4 heteroatoms. The summed E-state index contributed by atoms with van der Waals surface area (Å²) in [5, 5.41) is 13.9. The molecule has 1 N–H and O–H groups in total. The summed E-state index contributed by atoms with van der Waals surface area (Å²) in [4.78, 5) is 10.4. The van der Waals surface area contributed by atoms with Gasteiger partial charge in [0.05, 0.1) is 17.1 Å². The first-order valence-corrected chi connectivity index (χ1v) is 22.8. The van der Waals surface area contributed by atoms with Crippen molar-refractivity contribution in [1.29, 1.82) is 0 Å². The standard InChI is InChI=1S/C62H54N2O2/c1-38-16-12-19-41(28-38)42-26-27-54(58(65)36-42)57-34-46(45-31-48(61(3,4)5)37-49(32-45)62(6,7)8)33-56(64-57)44-21-13-20-43(30-44)55-35-47(29-39(2)63-55)51-23-15-25-53-52-24-14-22-50(59(52)66-60(51)53)40-17-10-9-11-18-40/h9-37,65H,1-8H3. The zero-order valence-electron chi connectivity index (χ0n) is 39.0. The Labute approximate surface area is 388 Å². The summed E-state index contributed by atoms with van der Waals surface area (Å²) >= 11 is 0. The van der Waals surface area contributed by atoms with Crippen LogP contribution in [0.1, 0.15) is 63.9 Å². The van der Waals surface area contributed by atoms with Crippen LogP contribution in [0.4, 0.5) is 0 Å². The van der Waals surface area contributed by atoms with E-state index in [1.807, 2.05) is 24.3 Å². The minimum absolute atomic E-state index is 0.0619. The highest BCUT2D eigenvalue weighted by Crippen LogP contribution is 2.42. The molecule has 4 nitrogen and oxygen atoms in total. The van der Waals surface area contributed by atoms with Gasteiger partial charge in [-0.05, 0) is 112 Å². The number of pyridine rings is 2. The molecule has 10 rings (SSSR count). The lowest BCUT2D eigenvalue weighted by Crippen LogP contribution is -2.16. The van der Waals surface area contributed by atoms with Crippen LogP contribution in [-0.2, 0) is 10.8 Å². The Balaban J connectivity index is 1.10. The lowest BCUT2D eigenvalue weighted by atomic mass is 9.79. The van der Waals surface area contributed by atoms with Gasteiger partial charge in [-0.1, -0.05) is 181 Å². The van der Waals surface area contributed by atoms with E-state index in [0.717, 1.165) is 94.7 Å². The molecule has 0 atom stereocenters. The molecule has 324 valence electrons. The second kappa shape index (κ2) is 16.5. The van der Waals surface area contributed by atoms with Crippen LogP contribution in [0.15, 0.2) is 180 Å². The highest BCUT2D eigenvalue weighted by molar-refractivity contribution is 6.13. The summed E-state index contributed by atoms with van der Waals surface area (Å²) in [7, 11) is 0. The van der Waals surface area contributed by atoms with Gasteiger partial charge < -0.3 is 9.52 Å². The number of benzene rings is 7. The van der Waals surface area contributed by atoms with Crippen molar-refractivity contribution in [3.8, 4) is 84.0 Å². The molecule has 0 amide bonds. The summed E-state index contributed by atoms with van der Waals surface area (Å²) in [6.45, 7) is 17.7. The minimum Gasteiger partial charge on any atom is -0.507 e. The first-order valence-electron chi connectivity index (χ1n) is 22.8. The summed E-state index contributed by atoms with van der Waals surface area (Å²) in [5.74, 6) is 0.185. The molecule has 66 heavy (non-hydrogen) atoms. The van der Waals surface area contributed by atoms with Crippen LogP contribution in [0.2, 0.25) is 0 Å². The molecule has 0 unspecified atom stereocenters. The third-order valence-corrected chi connectivity index (χ3v) is 12.8. The molecule has 3 aromatic heterocycles. The third-order valence-electron chi connectivity index (χ3n) is 12.8. The van der Waals surface area contributed by atoms with E-state index in [2.05, 4.69) is 207 Å². The molecular formula is C62H54N2O2. The fourth-order valence-electron chi connectivity index (χ4n) is 9.10. The van der Waals surface area contributed by atoms with E-state index in [0.29, 0.717) is 11.3 Å². The topological polar surface area (TPSA) is 59.2 Å². The second-order valence-electron chi connectivity index (χ2n) is 19.8. The average molecular weight is 859 g/mol. The molecular weight excluding hydrogens is 805 g/mol. The van der Waals surface area contributed by atoms with Crippen molar-refractivity contribution in [2.24, 2.45) is 0 Å². The van der Waals surface area contributed by atoms with Crippen LogP contribution in [0.5, 0.6) is 5.75 Å². The highest BCUT2D eigenvalue weighted by atomic mass is 16.3. The second-order valence-corrected chi connectivity index (χ2v) is 19.8. The van der Waals surface area contributed by atoms with Gasteiger partial charge in [-0.25, -0.2) is 4.98 Å². The summed E-state index contributed by atoms with van der Waals surface area (Å²) in [5.41, 5.74) is 19.6. The number of aromatic nitrogens is 2. The van der Waals surface area contributed by atoms with Gasteiger partial charge in [-0.2, -0.15) is 0 Å². The number of para-hydroxylation sites is 2. The molecule has 10 aromatic rings. The van der Waals surface area contributed by atoms with Crippen LogP contribution in [0, 0.1) is 13.8 Å². The molecule has 0 bridgehead atoms. The molecule has 0 saturated carbocycles. The number of fused-ring (bicyclic) bond motifs is 3. The molecule has 3 heterocycles. The molecule has 7 aromatic carbocycles. The van der Waals surface area contributed by atoms with Crippen molar-refractivity contribution in [3.63, 3.8) is 0 Å². The number of hydrogen-bond acceptors (Lipinski definition) is 4. The zero-order valence-corrected chi connectivity index (χ0v) is 39.0. The number of rotatable bonds is 7. The Kier molecular flexibility index (Phi) is 10.6. The van der Waals surface area contributed by atoms with Crippen LogP contribution in [0.3, 0.4) is 0 Å². The van der Waals surface area contributed by atoms with E-state index in [-0.39, 0.29) is 16.6 Å². The van der Waals surface area contributed by atoms with Crippen molar-refractivity contribution in [2.75, 3.05) is 0 Å². The van der Waals surface area contributed by atoms with E-state index in [1.54, 1.807) is 0 Å². The molecule has 0 aliphatic heterocycles. The molecule has 0 aliphatic carbocycles. The minimum atomic E-state index is -0.0619. The van der Waals surface area contributed by atoms with Crippen LogP contribution < -0.4 is 0 Å². The van der Waals surface area contributed by atoms with Crippen LogP contribution in [-0.4, -0.2) is 15.1 Å². The Morgan fingerprint density at radius 1 is 0.379 bits per heavy atom. The maximum absolute atomic E-state index is 11.8. The molecule has 0 radical (unpaired) electrons. The van der Waals surface area contributed by atoms with Crippen LogP contribution >= 0.6 is 0 Å². The third kappa shape index (κ3) is 8.20. The SMILES string of the molecule is Cc1cccc(-c2ccc(-c3cc(-c4cc(C(C)(C)C)cc(C(C)(C)C)c4)cc(-c4cccc(-c5cc(-c6cccc7c6oc6c(-c8ccccc8)cccc67)cc(C)n5)c4)n3)c(O)c2)c1. The van der Waals surface area contributed by atoms with Crippen molar-refractivity contribution in [1.82, 2.24) is 9.97 Å². The van der Waals surface area contributed by atoms with Gasteiger partial charge in [0.2, 0.25) is 0 Å². The zero-order chi connectivity index (χ0) is 45.9. The lowest BCUT2D eigenvalue weighted by Gasteiger charge is -2.26. The van der Waals surface area contributed by atoms with Crippen LogP contribution in [0.25, 0.3) is 100 Å². The first-order chi connectivity index (χ1) is 31.7. The van der Waals surface area contributed by atoms with Gasteiger partial charge in [0.25, 0.3) is 0 Å². The van der Waals surface area contributed by atoms with E-state index in [1.165, 1.54) is 16.7 Å². The largest absolute Gasteiger partial charge is 0.507 e. The van der Waals surface area contributed by atoms with E-state index in [9.17, 15) is 5.11 Å². The van der Waals surface area contributed by atoms with Gasteiger partial charge in [0.15, 0.2) is 0 Å². The Bertz CT molecular complexity index is 3440. The van der Waals surface area contributed by atoms with Gasteiger partial charge in [-0.3, -0.25) is 4.98 Å². The van der Waals surface area contributed by atoms with Crippen molar-refractivity contribution in [2.45, 2.75) is 66.2 Å². The number of aromatic hydroxyl groups is 1. The Hall–Kier alpha value is -7.56. The number of phenols is 1. The molecule has 0 fully saturated rings. The fourth-order valence-corrected chi connectivity index (χ4v) is 9.10. The monoisotopic (exact) mass is 858 g/mol.